The molecule has 1 saturated carbocycles. The molecule has 0 radical (unpaired) electrons. The lowest BCUT2D eigenvalue weighted by Gasteiger charge is -2.22. The number of nitrogens with one attached hydrogen (secondary N) is 1. The van der Waals surface area contributed by atoms with E-state index in [0.717, 1.165) is 36.8 Å². The van der Waals surface area contributed by atoms with Crippen LogP contribution >= 0.6 is 0 Å². The molecule has 2 aromatic rings. The van der Waals surface area contributed by atoms with Crippen molar-refractivity contribution in [1.29, 1.82) is 0 Å². The first-order valence-corrected chi connectivity index (χ1v) is 9.58. The van der Waals surface area contributed by atoms with E-state index in [9.17, 15) is 14.7 Å². The number of carbonyl (C=O) groups excluding carboxylic acids is 2. The molecule has 1 fully saturated rings. The van der Waals surface area contributed by atoms with Crippen molar-refractivity contribution in [2.75, 3.05) is 19.7 Å². The number of tetrazole rings is 1. The van der Waals surface area contributed by atoms with E-state index in [-0.39, 0.29) is 44.1 Å². The van der Waals surface area contributed by atoms with Gasteiger partial charge in [0.25, 0.3) is 0 Å². The highest BCUT2D eigenvalue weighted by Crippen LogP contribution is 2.17. The van der Waals surface area contributed by atoms with Crippen LogP contribution < -0.4 is 5.32 Å². The molecular formula is C19H26N6O3. The third-order valence-electron chi connectivity index (χ3n) is 4.82. The van der Waals surface area contributed by atoms with Gasteiger partial charge >= 0.3 is 0 Å². The Hall–Kier alpha value is -2.81. The number of aliphatic hydroxyl groups excluding tert-OH is 1. The Kier molecular flexibility index (Phi) is 6.70. The number of nitrogens with zero attached hydrogens (tertiary/aromatic N) is 5. The van der Waals surface area contributed by atoms with Crippen LogP contribution in [0.2, 0.25) is 0 Å². The molecule has 28 heavy (non-hydrogen) atoms. The second-order valence-electron chi connectivity index (χ2n) is 7.10. The van der Waals surface area contributed by atoms with Crippen LogP contribution in [0.15, 0.2) is 24.3 Å². The zero-order chi connectivity index (χ0) is 19.9. The van der Waals surface area contributed by atoms with E-state index >= 15 is 0 Å². The van der Waals surface area contributed by atoms with Crippen LogP contribution in [-0.4, -0.2) is 67.8 Å². The number of amides is 2. The fourth-order valence-electron chi connectivity index (χ4n) is 3.28. The van der Waals surface area contributed by atoms with Gasteiger partial charge in [-0.2, -0.15) is 4.80 Å². The Labute approximate surface area is 163 Å². The average molecular weight is 386 g/mol. The van der Waals surface area contributed by atoms with Crippen LogP contribution in [0.3, 0.4) is 0 Å². The van der Waals surface area contributed by atoms with Gasteiger partial charge in [-0.15, -0.1) is 10.2 Å². The second-order valence-corrected chi connectivity index (χ2v) is 7.10. The summed E-state index contributed by atoms with van der Waals surface area (Å²) in [5.74, 6) is -0.121. The topological polar surface area (TPSA) is 113 Å². The number of aliphatic hydroxyl groups is 1. The van der Waals surface area contributed by atoms with E-state index in [1.807, 2.05) is 31.2 Å². The fourth-order valence-corrected chi connectivity index (χ4v) is 3.28. The normalized spacial score (nSPS) is 14.2. The third kappa shape index (κ3) is 5.35. The highest BCUT2D eigenvalue weighted by Gasteiger charge is 2.22. The molecule has 0 spiro atoms. The molecule has 0 unspecified atom stereocenters. The van der Waals surface area contributed by atoms with Gasteiger partial charge in [-0.05, 0) is 25.0 Å². The smallest absolute Gasteiger partial charge is 0.246 e. The molecule has 1 aromatic heterocycles. The first kappa shape index (κ1) is 19.9. The Morgan fingerprint density at radius 2 is 1.96 bits per heavy atom. The SMILES string of the molecule is Cc1ccc(-c2nnn(CC(=O)N(CCO)CC(=O)NC3CCCC3)n2)cc1. The number of hydrogen-bond acceptors (Lipinski definition) is 6. The molecule has 0 atom stereocenters. The van der Waals surface area contributed by atoms with Crippen LogP contribution in [0.25, 0.3) is 11.4 Å². The van der Waals surface area contributed by atoms with E-state index in [4.69, 9.17) is 0 Å². The largest absolute Gasteiger partial charge is 0.395 e. The average Bonchev–Trinajstić information content (AvgIpc) is 3.34. The van der Waals surface area contributed by atoms with Gasteiger partial charge in [0.1, 0.15) is 6.54 Å². The Morgan fingerprint density at radius 1 is 1.25 bits per heavy atom. The maximum atomic E-state index is 12.6. The van der Waals surface area contributed by atoms with Crippen molar-refractivity contribution < 1.29 is 14.7 Å². The lowest BCUT2D eigenvalue weighted by atomic mass is 10.1. The maximum Gasteiger partial charge on any atom is 0.246 e. The van der Waals surface area contributed by atoms with Crippen molar-refractivity contribution in [3.63, 3.8) is 0 Å². The third-order valence-corrected chi connectivity index (χ3v) is 4.82. The minimum Gasteiger partial charge on any atom is -0.395 e. The predicted octanol–water partition coefficient (Wildman–Crippen LogP) is 0.528. The number of carbonyl (C=O) groups is 2. The van der Waals surface area contributed by atoms with Crippen molar-refractivity contribution in [2.24, 2.45) is 0 Å². The van der Waals surface area contributed by atoms with Gasteiger partial charge in [-0.25, -0.2) is 0 Å². The molecule has 9 nitrogen and oxygen atoms in total. The first-order chi connectivity index (χ1) is 13.5. The van der Waals surface area contributed by atoms with Crippen molar-refractivity contribution in [2.45, 2.75) is 45.2 Å². The van der Waals surface area contributed by atoms with Crippen molar-refractivity contribution >= 4 is 11.8 Å². The van der Waals surface area contributed by atoms with E-state index in [2.05, 4.69) is 20.7 Å². The zero-order valence-corrected chi connectivity index (χ0v) is 16.0. The van der Waals surface area contributed by atoms with E-state index in [0.29, 0.717) is 5.82 Å². The zero-order valence-electron chi connectivity index (χ0n) is 16.0. The van der Waals surface area contributed by atoms with Crippen LogP contribution in [0.4, 0.5) is 0 Å². The Bertz CT molecular complexity index is 798. The summed E-state index contributed by atoms with van der Waals surface area (Å²) in [6.45, 7) is 1.62. The summed E-state index contributed by atoms with van der Waals surface area (Å²) in [5, 5.41) is 24.3. The molecule has 2 amide bonds. The molecular weight excluding hydrogens is 360 g/mol. The molecule has 3 rings (SSSR count). The van der Waals surface area contributed by atoms with Gasteiger partial charge in [-0.3, -0.25) is 9.59 Å². The molecule has 1 aromatic carbocycles. The second kappa shape index (κ2) is 9.41. The predicted molar refractivity (Wildman–Crippen MR) is 102 cm³/mol. The monoisotopic (exact) mass is 386 g/mol. The molecule has 9 heteroatoms. The van der Waals surface area contributed by atoms with Gasteiger partial charge < -0.3 is 15.3 Å². The quantitative estimate of drug-likeness (QED) is 0.684. The van der Waals surface area contributed by atoms with E-state index in [1.54, 1.807) is 0 Å². The van der Waals surface area contributed by atoms with Crippen molar-refractivity contribution in [3.05, 3.63) is 29.8 Å². The highest BCUT2D eigenvalue weighted by atomic mass is 16.3. The van der Waals surface area contributed by atoms with Gasteiger partial charge in [-0.1, -0.05) is 42.7 Å². The molecule has 1 aliphatic carbocycles. The molecule has 1 aliphatic rings. The maximum absolute atomic E-state index is 12.6. The summed E-state index contributed by atoms with van der Waals surface area (Å²) >= 11 is 0. The molecule has 150 valence electrons. The lowest BCUT2D eigenvalue weighted by Crippen LogP contribution is -2.45. The van der Waals surface area contributed by atoms with Gasteiger partial charge in [0.05, 0.1) is 13.2 Å². The minimum absolute atomic E-state index is 0.0798. The van der Waals surface area contributed by atoms with E-state index < -0.39 is 0 Å². The summed E-state index contributed by atoms with van der Waals surface area (Å²) in [7, 11) is 0. The van der Waals surface area contributed by atoms with Crippen molar-refractivity contribution in [3.8, 4) is 11.4 Å². The Balaban J connectivity index is 1.58. The number of hydrogen-bond donors (Lipinski definition) is 2. The number of aryl methyl sites for hydroxylation is 1. The first-order valence-electron chi connectivity index (χ1n) is 9.58. The summed E-state index contributed by atoms with van der Waals surface area (Å²) in [5.41, 5.74) is 1.94. The van der Waals surface area contributed by atoms with E-state index in [1.165, 1.54) is 9.70 Å². The summed E-state index contributed by atoms with van der Waals surface area (Å²) in [6, 6.07) is 7.88. The van der Waals surface area contributed by atoms with Crippen LogP contribution in [0.5, 0.6) is 0 Å². The standard InChI is InChI=1S/C19H26N6O3/c1-14-6-8-15(9-7-14)19-21-23-25(22-19)13-18(28)24(10-11-26)12-17(27)20-16-4-2-3-5-16/h6-9,16,26H,2-5,10-13H2,1H3,(H,20,27). The molecule has 1 heterocycles. The molecule has 0 saturated heterocycles. The highest BCUT2D eigenvalue weighted by molar-refractivity contribution is 5.84. The van der Waals surface area contributed by atoms with Gasteiger partial charge in [0.15, 0.2) is 0 Å². The lowest BCUT2D eigenvalue weighted by molar-refractivity contribution is -0.137. The van der Waals surface area contributed by atoms with Gasteiger partial charge in [0, 0.05) is 18.2 Å². The van der Waals surface area contributed by atoms with Crippen LogP contribution in [0, 0.1) is 6.92 Å². The molecule has 0 bridgehead atoms. The summed E-state index contributed by atoms with van der Waals surface area (Å²) in [4.78, 5) is 27.3. The summed E-state index contributed by atoms with van der Waals surface area (Å²) < 4.78 is 0. The van der Waals surface area contributed by atoms with Crippen LogP contribution in [-0.2, 0) is 16.1 Å². The molecule has 0 aliphatic heterocycles. The van der Waals surface area contributed by atoms with Crippen LogP contribution in [0.1, 0.15) is 31.2 Å². The minimum atomic E-state index is -0.344. The van der Waals surface area contributed by atoms with Gasteiger partial charge in [0.2, 0.25) is 17.6 Å². The van der Waals surface area contributed by atoms with Crippen molar-refractivity contribution in [1.82, 2.24) is 30.4 Å². The fraction of sp³-hybridized carbons (Fsp3) is 0.526. The number of benzene rings is 1. The number of aromatic nitrogens is 4. The Morgan fingerprint density at radius 3 is 2.64 bits per heavy atom. The summed E-state index contributed by atoms with van der Waals surface area (Å²) in [6.07, 6.45) is 4.19. The number of rotatable bonds is 8. The molecule has 2 N–H and O–H groups in total.